The average molecular weight is 560 g/mol. The van der Waals surface area contributed by atoms with Crippen LogP contribution in [-0.2, 0) is 7.05 Å². The zero-order chi connectivity index (χ0) is 20.8. The summed E-state index contributed by atoms with van der Waals surface area (Å²) in [6.45, 7) is 1.98. The molecule has 0 radical (unpaired) electrons. The average Bonchev–Trinajstić information content (AvgIpc) is 3.41. The smallest absolute Gasteiger partial charge is 0.141 e. The number of pyridine rings is 1. The third-order valence-electron chi connectivity index (χ3n) is 4.89. The van der Waals surface area contributed by atoms with Gasteiger partial charge in [0.05, 0.1) is 21.8 Å². The molecule has 0 aliphatic carbocycles. The second kappa shape index (κ2) is 8.14. The van der Waals surface area contributed by atoms with Gasteiger partial charge in [0.1, 0.15) is 21.4 Å². The van der Waals surface area contributed by atoms with Gasteiger partial charge in [-0.1, -0.05) is 22.6 Å². The summed E-state index contributed by atoms with van der Waals surface area (Å²) in [5.74, 6) is 1.67. The number of fused-ring (bicyclic) bond motifs is 1. The molecule has 0 spiro atoms. The molecule has 10 heteroatoms. The van der Waals surface area contributed by atoms with Crippen LogP contribution in [0.3, 0.4) is 0 Å². The number of thiazole rings is 1. The summed E-state index contributed by atoms with van der Waals surface area (Å²) >= 11 is 5.41. The van der Waals surface area contributed by atoms with Crippen LogP contribution in [0.15, 0.2) is 28.0 Å². The lowest BCUT2D eigenvalue weighted by molar-refractivity contribution is 0.631. The maximum Gasteiger partial charge on any atom is 0.141 e. The topological polar surface area (TPSA) is 89.8 Å². The van der Waals surface area contributed by atoms with Crippen molar-refractivity contribution in [1.82, 2.24) is 19.5 Å². The number of nitrogens with zero attached hydrogens (tertiary/aromatic N) is 4. The van der Waals surface area contributed by atoms with E-state index in [1.807, 2.05) is 37.9 Å². The highest BCUT2D eigenvalue weighted by Crippen LogP contribution is 2.58. The Balaban J connectivity index is 2.00. The molecule has 0 bridgehead atoms. The predicted octanol–water partition coefficient (Wildman–Crippen LogP) is 5.80. The van der Waals surface area contributed by atoms with Gasteiger partial charge in [-0.05, 0) is 25.7 Å². The van der Waals surface area contributed by atoms with E-state index in [9.17, 15) is 4.55 Å². The first kappa shape index (κ1) is 21.0. The quantitative estimate of drug-likeness (QED) is 0.230. The number of hydrogen-bond donors (Lipinski definition) is 2. The Morgan fingerprint density at radius 3 is 2.76 bits per heavy atom. The third kappa shape index (κ3) is 3.80. The van der Waals surface area contributed by atoms with Gasteiger partial charge in [0.15, 0.2) is 0 Å². The van der Waals surface area contributed by atoms with Crippen LogP contribution in [0.5, 0.6) is 0 Å². The molecule has 0 fully saturated rings. The normalized spacial score (nSPS) is 14.9. The molecule has 0 saturated heterocycles. The lowest BCUT2D eigenvalue weighted by Gasteiger charge is -2.28. The van der Waals surface area contributed by atoms with Crippen LogP contribution in [0, 0.1) is 6.92 Å². The van der Waals surface area contributed by atoms with Crippen molar-refractivity contribution in [2.24, 2.45) is 7.05 Å². The highest BCUT2D eigenvalue weighted by atomic mass is 127. The maximum absolute atomic E-state index is 11.2. The first-order valence-electron chi connectivity index (χ1n) is 8.99. The van der Waals surface area contributed by atoms with Gasteiger partial charge in [0.25, 0.3) is 0 Å². The Kier molecular flexibility index (Phi) is 5.90. The standard InChI is InChI=1S/C19H22IN5OS3/c1-11-23-10-14(25(11)2)12-9-13(17-22-6-7-27-17)24-18-15(12)16(21)19(28-18)29(3,26)8-4-5-20/h6-7,9-10,26H,4-5,8,21H2,1-3H3. The van der Waals surface area contributed by atoms with E-state index in [2.05, 4.69) is 37.1 Å². The summed E-state index contributed by atoms with van der Waals surface area (Å²) in [5.41, 5.74) is 10.1. The van der Waals surface area contributed by atoms with E-state index < -0.39 is 10.3 Å². The van der Waals surface area contributed by atoms with E-state index in [-0.39, 0.29) is 0 Å². The summed E-state index contributed by atoms with van der Waals surface area (Å²) in [4.78, 5) is 14.6. The number of alkyl halides is 1. The number of thiophene rings is 1. The highest BCUT2D eigenvalue weighted by molar-refractivity contribution is 14.1. The van der Waals surface area contributed by atoms with Crippen LogP contribution < -0.4 is 5.73 Å². The second-order valence-corrected chi connectivity index (χ2v) is 13.0. The molecule has 4 heterocycles. The molecule has 29 heavy (non-hydrogen) atoms. The lowest BCUT2D eigenvalue weighted by atomic mass is 10.1. The van der Waals surface area contributed by atoms with Crippen LogP contribution in [-0.4, -0.2) is 40.5 Å². The van der Waals surface area contributed by atoms with Crippen LogP contribution >= 0.6 is 55.6 Å². The number of nitrogen functional groups attached to an aromatic ring is 1. The Morgan fingerprint density at radius 2 is 2.14 bits per heavy atom. The van der Waals surface area contributed by atoms with Crippen molar-refractivity contribution in [3.63, 3.8) is 0 Å². The minimum Gasteiger partial charge on any atom is -0.397 e. The molecule has 4 rings (SSSR count). The highest BCUT2D eigenvalue weighted by Gasteiger charge is 2.27. The van der Waals surface area contributed by atoms with Crippen molar-refractivity contribution >= 4 is 71.5 Å². The molecular weight excluding hydrogens is 537 g/mol. The molecule has 154 valence electrons. The number of nitrogens with two attached hydrogens (primary N) is 1. The van der Waals surface area contributed by atoms with Crippen molar-refractivity contribution in [2.45, 2.75) is 17.6 Å². The van der Waals surface area contributed by atoms with E-state index in [1.165, 1.54) is 11.3 Å². The van der Waals surface area contributed by atoms with E-state index >= 15 is 0 Å². The van der Waals surface area contributed by atoms with E-state index in [1.54, 1.807) is 17.5 Å². The van der Waals surface area contributed by atoms with Gasteiger partial charge >= 0.3 is 0 Å². The Labute approximate surface area is 192 Å². The van der Waals surface area contributed by atoms with E-state index in [4.69, 9.17) is 10.7 Å². The first-order valence-corrected chi connectivity index (χ1v) is 14.4. The molecule has 0 aliphatic heterocycles. The van der Waals surface area contributed by atoms with Gasteiger partial charge in [-0.25, -0.2) is 15.0 Å². The van der Waals surface area contributed by atoms with Gasteiger partial charge in [-0.2, -0.15) is 0 Å². The molecule has 0 aromatic carbocycles. The van der Waals surface area contributed by atoms with Gasteiger partial charge in [0, 0.05) is 39.8 Å². The minimum atomic E-state index is -1.97. The largest absolute Gasteiger partial charge is 0.397 e. The van der Waals surface area contributed by atoms with Crippen molar-refractivity contribution in [1.29, 1.82) is 0 Å². The zero-order valence-electron chi connectivity index (χ0n) is 16.3. The molecular formula is C19H22IN5OS3. The summed E-state index contributed by atoms with van der Waals surface area (Å²) in [6, 6.07) is 2.04. The number of anilines is 1. The Morgan fingerprint density at radius 1 is 1.34 bits per heavy atom. The lowest BCUT2D eigenvalue weighted by Crippen LogP contribution is -2.04. The van der Waals surface area contributed by atoms with Crippen LogP contribution in [0.1, 0.15) is 12.2 Å². The predicted molar refractivity (Wildman–Crippen MR) is 135 cm³/mol. The minimum absolute atomic E-state index is 0.644. The number of imidazole rings is 1. The number of aryl methyl sites for hydroxylation is 1. The summed E-state index contributed by atoms with van der Waals surface area (Å²) in [6.07, 6.45) is 6.54. The van der Waals surface area contributed by atoms with Gasteiger partial charge in [-0.3, -0.25) is 0 Å². The number of rotatable bonds is 6. The summed E-state index contributed by atoms with van der Waals surface area (Å²) in [7, 11) is 0.0261. The fraction of sp³-hybridized carbons (Fsp3) is 0.316. The second-order valence-electron chi connectivity index (χ2n) is 6.91. The molecule has 4 aromatic heterocycles. The monoisotopic (exact) mass is 559 g/mol. The zero-order valence-corrected chi connectivity index (χ0v) is 21.0. The van der Waals surface area contributed by atoms with E-state index in [0.717, 1.165) is 58.8 Å². The summed E-state index contributed by atoms with van der Waals surface area (Å²) < 4.78 is 15.2. The molecule has 6 nitrogen and oxygen atoms in total. The SMILES string of the molecule is Cc1ncc(-c2cc(-c3nccs3)nc3sc(S(C)(O)CCCI)c(N)c23)n1C. The fourth-order valence-corrected chi connectivity index (χ4v) is 8.29. The van der Waals surface area contributed by atoms with Crippen molar-refractivity contribution < 1.29 is 4.55 Å². The van der Waals surface area contributed by atoms with Crippen molar-refractivity contribution in [3.8, 4) is 22.0 Å². The molecule has 3 N–H and O–H groups in total. The molecule has 0 amide bonds. The number of aromatic nitrogens is 4. The number of hydrogen-bond acceptors (Lipinski definition) is 7. The van der Waals surface area contributed by atoms with Crippen LogP contribution in [0.4, 0.5) is 5.69 Å². The Hall–Kier alpha value is -1.21. The number of halogens is 1. The molecule has 4 aromatic rings. The van der Waals surface area contributed by atoms with Crippen molar-refractivity contribution in [2.75, 3.05) is 22.2 Å². The van der Waals surface area contributed by atoms with Gasteiger partial charge in [0.2, 0.25) is 0 Å². The Bertz CT molecular complexity index is 1170. The fourth-order valence-electron chi connectivity index (χ4n) is 3.27. The van der Waals surface area contributed by atoms with Gasteiger partial charge < -0.3 is 14.9 Å². The third-order valence-corrected chi connectivity index (χ3v) is 10.8. The first-order chi connectivity index (χ1) is 13.8. The van der Waals surface area contributed by atoms with Gasteiger partial charge in [-0.15, -0.1) is 33.0 Å². The molecule has 1 unspecified atom stereocenters. The van der Waals surface area contributed by atoms with E-state index in [0.29, 0.717) is 5.69 Å². The molecule has 1 atom stereocenters. The van der Waals surface area contributed by atoms with Crippen LogP contribution in [0.25, 0.3) is 32.2 Å². The molecule has 0 aliphatic rings. The maximum atomic E-state index is 11.2. The van der Waals surface area contributed by atoms with Crippen molar-refractivity contribution in [3.05, 3.63) is 29.7 Å². The summed E-state index contributed by atoms with van der Waals surface area (Å²) in [5, 5.41) is 3.71. The molecule has 0 saturated carbocycles. The van der Waals surface area contributed by atoms with Crippen LogP contribution in [0.2, 0.25) is 0 Å².